The Hall–Kier alpha value is -1.16. The average molecular weight is 262 g/mol. The first-order chi connectivity index (χ1) is 8.76. The molecule has 0 aromatic carbocycles. The molecule has 0 aliphatic heterocycles. The molecule has 0 fully saturated rings. The van der Waals surface area contributed by atoms with Crippen LogP contribution < -0.4 is 0 Å². The minimum absolute atomic E-state index is 0.358. The van der Waals surface area contributed by atoms with Crippen molar-refractivity contribution in [1.29, 1.82) is 0 Å². The van der Waals surface area contributed by atoms with Crippen LogP contribution in [0.15, 0.2) is 0 Å². The van der Waals surface area contributed by atoms with E-state index < -0.39 is 0 Å². The van der Waals surface area contributed by atoms with Gasteiger partial charge in [-0.3, -0.25) is 9.20 Å². The Kier molecular flexibility index (Phi) is 2.98. The topological polar surface area (TPSA) is 34.4 Å². The molecule has 1 unspecified atom stereocenters. The van der Waals surface area contributed by atoms with Crippen molar-refractivity contribution in [1.82, 2.24) is 9.38 Å². The van der Waals surface area contributed by atoms with Crippen molar-refractivity contribution in [2.75, 3.05) is 0 Å². The summed E-state index contributed by atoms with van der Waals surface area (Å²) in [5.41, 5.74) is 3.11. The Labute approximate surface area is 111 Å². The molecule has 1 aliphatic rings. The van der Waals surface area contributed by atoms with Crippen LogP contribution in [0.2, 0.25) is 0 Å². The lowest BCUT2D eigenvalue weighted by atomic mass is 10.0. The lowest BCUT2D eigenvalue weighted by molar-refractivity contribution is 0.111. The number of fused-ring (bicyclic) bond motifs is 3. The van der Waals surface area contributed by atoms with Crippen LogP contribution in [0.3, 0.4) is 0 Å². The van der Waals surface area contributed by atoms with E-state index >= 15 is 0 Å². The molecule has 2 aromatic heterocycles. The molecule has 3 nitrogen and oxygen atoms in total. The highest BCUT2D eigenvalue weighted by atomic mass is 32.1. The predicted molar refractivity (Wildman–Crippen MR) is 73.8 cm³/mol. The van der Waals surface area contributed by atoms with E-state index in [-0.39, 0.29) is 0 Å². The van der Waals surface area contributed by atoms with E-state index in [0.29, 0.717) is 5.92 Å². The minimum atomic E-state index is 0.358. The summed E-state index contributed by atoms with van der Waals surface area (Å²) in [6.07, 6.45) is 6.75. The van der Waals surface area contributed by atoms with E-state index in [9.17, 15) is 4.79 Å². The van der Waals surface area contributed by atoms with E-state index in [4.69, 9.17) is 4.98 Å². The number of hydrogen-bond acceptors (Lipinski definition) is 3. The maximum absolute atomic E-state index is 11.5. The third kappa shape index (κ3) is 1.62. The van der Waals surface area contributed by atoms with Gasteiger partial charge in [-0.15, -0.1) is 11.3 Å². The smallest absolute Gasteiger partial charge is 0.194 e. The quantitative estimate of drug-likeness (QED) is 0.792. The van der Waals surface area contributed by atoms with Gasteiger partial charge in [0, 0.05) is 16.5 Å². The summed E-state index contributed by atoms with van der Waals surface area (Å²) in [7, 11) is 0. The second kappa shape index (κ2) is 4.50. The molecule has 2 aromatic rings. The first-order valence-electron chi connectivity index (χ1n) is 6.74. The van der Waals surface area contributed by atoms with Crippen molar-refractivity contribution in [3.63, 3.8) is 0 Å². The number of carbonyl (C=O) groups is 1. The van der Waals surface area contributed by atoms with Crippen molar-refractivity contribution in [2.45, 2.75) is 51.9 Å². The van der Waals surface area contributed by atoms with Crippen LogP contribution in [0.5, 0.6) is 0 Å². The van der Waals surface area contributed by atoms with E-state index in [1.165, 1.54) is 23.4 Å². The SMILES string of the molecule is CCC(C)c1nc2sc3c(n2c1C=O)CCCC3. The van der Waals surface area contributed by atoms with Gasteiger partial charge in [-0.1, -0.05) is 13.8 Å². The molecule has 3 rings (SSSR count). The zero-order valence-corrected chi connectivity index (χ0v) is 11.7. The van der Waals surface area contributed by atoms with Crippen LogP contribution in [-0.2, 0) is 12.8 Å². The molecule has 0 amide bonds. The summed E-state index contributed by atoms with van der Waals surface area (Å²) in [6, 6.07) is 0. The van der Waals surface area contributed by atoms with E-state index in [2.05, 4.69) is 18.2 Å². The number of hydrogen-bond donors (Lipinski definition) is 0. The Balaban J connectivity index is 2.24. The van der Waals surface area contributed by atoms with E-state index in [1.807, 2.05) is 0 Å². The number of carbonyl (C=O) groups excluding carboxylic acids is 1. The van der Waals surface area contributed by atoms with Crippen LogP contribution >= 0.6 is 11.3 Å². The molecule has 1 atom stereocenters. The van der Waals surface area contributed by atoms with Crippen molar-refractivity contribution in [2.24, 2.45) is 0 Å². The number of imidazole rings is 1. The Morgan fingerprint density at radius 3 is 2.94 bits per heavy atom. The summed E-state index contributed by atoms with van der Waals surface area (Å²) in [5.74, 6) is 0.358. The van der Waals surface area contributed by atoms with E-state index in [0.717, 1.165) is 41.9 Å². The van der Waals surface area contributed by atoms with Crippen molar-refractivity contribution < 1.29 is 4.79 Å². The summed E-state index contributed by atoms with van der Waals surface area (Å²) < 4.78 is 2.12. The zero-order valence-electron chi connectivity index (χ0n) is 10.9. The molecule has 0 N–H and O–H groups in total. The zero-order chi connectivity index (χ0) is 12.7. The van der Waals surface area contributed by atoms with Gasteiger partial charge in [-0.05, 0) is 32.1 Å². The first kappa shape index (κ1) is 11.9. The third-order valence-electron chi connectivity index (χ3n) is 3.98. The molecule has 18 heavy (non-hydrogen) atoms. The molecular formula is C14H18N2OS. The van der Waals surface area contributed by atoms with E-state index in [1.54, 1.807) is 11.3 Å². The highest BCUT2D eigenvalue weighted by Gasteiger charge is 2.23. The third-order valence-corrected chi connectivity index (χ3v) is 5.12. The first-order valence-corrected chi connectivity index (χ1v) is 7.56. The normalized spacial score (nSPS) is 16.8. The molecule has 96 valence electrons. The summed E-state index contributed by atoms with van der Waals surface area (Å²) in [5, 5.41) is 0. The second-order valence-electron chi connectivity index (χ2n) is 5.11. The maximum atomic E-state index is 11.5. The Morgan fingerprint density at radius 2 is 2.22 bits per heavy atom. The molecule has 4 heteroatoms. The molecule has 0 radical (unpaired) electrons. The van der Waals surface area contributed by atoms with Crippen molar-refractivity contribution in [3.8, 4) is 0 Å². The fraction of sp³-hybridized carbons (Fsp3) is 0.571. The molecule has 0 spiro atoms. The van der Waals surface area contributed by atoms with Crippen molar-refractivity contribution in [3.05, 3.63) is 22.0 Å². The lowest BCUT2D eigenvalue weighted by Gasteiger charge is -2.12. The number of aryl methyl sites for hydroxylation is 2. The fourth-order valence-corrected chi connectivity index (χ4v) is 3.97. The number of rotatable bonds is 3. The highest BCUT2D eigenvalue weighted by Crippen LogP contribution is 2.33. The van der Waals surface area contributed by atoms with Crippen LogP contribution in [0, 0.1) is 0 Å². The lowest BCUT2D eigenvalue weighted by Crippen LogP contribution is -2.06. The van der Waals surface area contributed by atoms with Gasteiger partial charge in [0.2, 0.25) is 0 Å². The number of nitrogens with zero attached hydrogens (tertiary/aromatic N) is 2. The Bertz CT molecular complexity index is 596. The molecule has 0 bridgehead atoms. The van der Waals surface area contributed by atoms with Gasteiger partial charge in [0.25, 0.3) is 0 Å². The number of aromatic nitrogens is 2. The molecular weight excluding hydrogens is 244 g/mol. The van der Waals surface area contributed by atoms with Gasteiger partial charge in [0.05, 0.1) is 5.69 Å². The van der Waals surface area contributed by atoms with Crippen LogP contribution in [-0.4, -0.2) is 15.7 Å². The highest BCUT2D eigenvalue weighted by molar-refractivity contribution is 7.17. The summed E-state index contributed by atoms with van der Waals surface area (Å²) in [6.45, 7) is 4.29. The summed E-state index contributed by atoms with van der Waals surface area (Å²) >= 11 is 1.77. The monoisotopic (exact) mass is 262 g/mol. The van der Waals surface area contributed by atoms with Gasteiger partial charge >= 0.3 is 0 Å². The standard InChI is InChI=1S/C14H18N2OS/c1-3-9(2)13-11(8-17)16-10-6-4-5-7-12(10)18-14(16)15-13/h8-9H,3-7H2,1-2H3. The van der Waals surface area contributed by atoms with Crippen LogP contribution in [0.1, 0.15) is 65.8 Å². The van der Waals surface area contributed by atoms with Crippen molar-refractivity contribution >= 4 is 22.6 Å². The number of aldehydes is 1. The minimum Gasteiger partial charge on any atom is -0.296 e. The van der Waals surface area contributed by atoms with Gasteiger partial charge in [-0.25, -0.2) is 4.98 Å². The second-order valence-corrected chi connectivity index (χ2v) is 6.17. The predicted octanol–water partition coefficient (Wildman–Crippen LogP) is 3.60. The van der Waals surface area contributed by atoms with Gasteiger partial charge in [-0.2, -0.15) is 0 Å². The molecule has 0 saturated carbocycles. The van der Waals surface area contributed by atoms with Crippen LogP contribution in [0.25, 0.3) is 4.96 Å². The van der Waals surface area contributed by atoms with Gasteiger partial charge in [0.15, 0.2) is 11.2 Å². The Morgan fingerprint density at radius 1 is 1.44 bits per heavy atom. The summed E-state index contributed by atoms with van der Waals surface area (Å²) in [4.78, 5) is 18.6. The largest absolute Gasteiger partial charge is 0.296 e. The average Bonchev–Trinajstić information content (AvgIpc) is 2.92. The fourth-order valence-electron chi connectivity index (χ4n) is 2.74. The number of thiazole rings is 1. The molecule has 0 saturated heterocycles. The molecule has 2 heterocycles. The van der Waals surface area contributed by atoms with Gasteiger partial charge in [0.1, 0.15) is 5.69 Å². The van der Waals surface area contributed by atoms with Crippen LogP contribution in [0.4, 0.5) is 0 Å². The van der Waals surface area contributed by atoms with Gasteiger partial charge < -0.3 is 0 Å². The maximum Gasteiger partial charge on any atom is 0.194 e. The molecule has 1 aliphatic carbocycles.